The molecular formula is C21H15F3O. The van der Waals surface area contributed by atoms with Gasteiger partial charge in [-0.15, -0.1) is 0 Å². The Bertz CT molecular complexity index is 852. The van der Waals surface area contributed by atoms with E-state index in [9.17, 15) is 18.0 Å². The quantitative estimate of drug-likeness (QED) is 0.440. The van der Waals surface area contributed by atoms with E-state index in [2.05, 4.69) is 0 Å². The Morgan fingerprint density at radius 3 is 1.88 bits per heavy atom. The standard InChI is InChI=1S/C21H15F3O/c22-21(23,24)19-9-5-4-8-18(19)20(16-6-2-1-3-7-16)17-12-10-15(14-25)11-13-17/h1-14,20H. The third-order valence-corrected chi connectivity index (χ3v) is 4.12. The fraction of sp³-hybridized carbons (Fsp3) is 0.0952. The fourth-order valence-electron chi connectivity index (χ4n) is 2.97. The molecule has 0 heterocycles. The van der Waals surface area contributed by atoms with Gasteiger partial charge in [0.2, 0.25) is 0 Å². The van der Waals surface area contributed by atoms with E-state index in [1.807, 2.05) is 18.2 Å². The van der Waals surface area contributed by atoms with Gasteiger partial charge >= 0.3 is 6.18 Å². The number of halogens is 3. The molecule has 126 valence electrons. The Balaban J connectivity index is 2.21. The zero-order valence-corrected chi connectivity index (χ0v) is 13.2. The highest BCUT2D eigenvalue weighted by atomic mass is 19.4. The van der Waals surface area contributed by atoms with Gasteiger partial charge in [-0.2, -0.15) is 13.2 Å². The van der Waals surface area contributed by atoms with Crippen LogP contribution in [-0.4, -0.2) is 6.29 Å². The van der Waals surface area contributed by atoms with E-state index in [-0.39, 0.29) is 5.56 Å². The van der Waals surface area contributed by atoms with E-state index < -0.39 is 17.7 Å². The average molecular weight is 340 g/mol. The first-order valence-electron chi connectivity index (χ1n) is 7.77. The first-order chi connectivity index (χ1) is 12.0. The molecular weight excluding hydrogens is 325 g/mol. The number of alkyl halides is 3. The van der Waals surface area contributed by atoms with Crippen LogP contribution < -0.4 is 0 Å². The monoisotopic (exact) mass is 340 g/mol. The van der Waals surface area contributed by atoms with Crippen molar-refractivity contribution in [2.75, 3.05) is 0 Å². The molecule has 0 aliphatic carbocycles. The van der Waals surface area contributed by atoms with Gasteiger partial charge in [-0.3, -0.25) is 4.79 Å². The second-order valence-electron chi connectivity index (χ2n) is 5.71. The first-order valence-corrected chi connectivity index (χ1v) is 7.77. The molecule has 0 saturated carbocycles. The minimum atomic E-state index is -4.44. The van der Waals surface area contributed by atoms with Crippen LogP contribution >= 0.6 is 0 Å². The largest absolute Gasteiger partial charge is 0.416 e. The van der Waals surface area contributed by atoms with Crippen molar-refractivity contribution in [3.63, 3.8) is 0 Å². The van der Waals surface area contributed by atoms with Gasteiger partial charge in [-0.25, -0.2) is 0 Å². The van der Waals surface area contributed by atoms with E-state index in [1.54, 1.807) is 42.5 Å². The Morgan fingerprint density at radius 1 is 0.720 bits per heavy atom. The number of carbonyl (C=O) groups is 1. The minimum Gasteiger partial charge on any atom is -0.298 e. The van der Waals surface area contributed by atoms with E-state index in [1.165, 1.54) is 12.1 Å². The molecule has 25 heavy (non-hydrogen) atoms. The van der Waals surface area contributed by atoms with Gasteiger partial charge < -0.3 is 0 Å². The molecule has 0 bridgehead atoms. The number of hydrogen-bond acceptors (Lipinski definition) is 1. The minimum absolute atomic E-state index is 0.194. The Labute approximate surface area is 143 Å². The van der Waals surface area contributed by atoms with Crippen LogP contribution in [0.15, 0.2) is 78.9 Å². The van der Waals surface area contributed by atoms with Gasteiger partial charge in [0.1, 0.15) is 6.29 Å². The predicted octanol–water partition coefficient (Wildman–Crippen LogP) is 5.70. The van der Waals surface area contributed by atoms with Crippen molar-refractivity contribution in [1.82, 2.24) is 0 Å². The third-order valence-electron chi connectivity index (χ3n) is 4.12. The summed E-state index contributed by atoms with van der Waals surface area (Å²) in [6, 6.07) is 21.3. The normalized spacial score (nSPS) is 12.6. The summed E-state index contributed by atoms with van der Waals surface area (Å²) in [5.74, 6) is -0.570. The highest BCUT2D eigenvalue weighted by Crippen LogP contribution is 2.40. The summed E-state index contributed by atoms with van der Waals surface area (Å²) in [7, 11) is 0. The molecule has 0 saturated heterocycles. The van der Waals surface area contributed by atoms with Gasteiger partial charge in [0.15, 0.2) is 0 Å². The van der Waals surface area contributed by atoms with Crippen LogP contribution in [0.25, 0.3) is 0 Å². The summed E-state index contributed by atoms with van der Waals surface area (Å²) in [4.78, 5) is 10.9. The summed E-state index contributed by atoms with van der Waals surface area (Å²) >= 11 is 0. The lowest BCUT2D eigenvalue weighted by Crippen LogP contribution is -2.13. The highest BCUT2D eigenvalue weighted by Gasteiger charge is 2.35. The van der Waals surface area contributed by atoms with Gasteiger partial charge in [0.05, 0.1) is 5.56 Å². The highest BCUT2D eigenvalue weighted by molar-refractivity contribution is 5.74. The molecule has 3 aromatic rings. The van der Waals surface area contributed by atoms with Crippen LogP contribution in [0.5, 0.6) is 0 Å². The summed E-state index contributed by atoms with van der Waals surface area (Å²) in [6.45, 7) is 0. The van der Waals surface area contributed by atoms with Crippen molar-refractivity contribution in [3.8, 4) is 0 Å². The number of hydrogen-bond donors (Lipinski definition) is 0. The summed E-state index contributed by atoms with van der Waals surface area (Å²) in [5.41, 5.74) is 1.49. The molecule has 4 heteroatoms. The van der Waals surface area contributed by atoms with Gasteiger partial charge in [0, 0.05) is 11.5 Å². The first kappa shape index (κ1) is 17.0. The molecule has 3 rings (SSSR count). The van der Waals surface area contributed by atoms with Crippen molar-refractivity contribution in [2.24, 2.45) is 0 Å². The summed E-state index contributed by atoms with van der Waals surface area (Å²) < 4.78 is 40.5. The topological polar surface area (TPSA) is 17.1 Å². The lowest BCUT2D eigenvalue weighted by atomic mass is 9.82. The summed E-state index contributed by atoms with van der Waals surface area (Å²) in [5, 5.41) is 0. The lowest BCUT2D eigenvalue weighted by Gasteiger charge is -2.23. The number of rotatable bonds is 4. The van der Waals surface area contributed by atoms with Crippen molar-refractivity contribution in [2.45, 2.75) is 12.1 Å². The molecule has 0 aliphatic rings. The molecule has 1 atom stereocenters. The fourth-order valence-corrected chi connectivity index (χ4v) is 2.97. The molecule has 0 radical (unpaired) electrons. The number of carbonyl (C=O) groups excluding carboxylic acids is 1. The molecule has 0 aromatic heterocycles. The Kier molecular flexibility index (Phi) is 4.70. The van der Waals surface area contributed by atoms with Crippen molar-refractivity contribution in [1.29, 1.82) is 0 Å². The van der Waals surface area contributed by atoms with Gasteiger partial charge in [-0.05, 0) is 22.8 Å². The SMILES string of the molecule is O=Cc1ccc(C(c2ccccc2)c2ccccc2C(F)(F)F)cc1. The van der Waals surface area contributed by atoms with Crippen molar-refractivity contribution in [3.05, 3.63) is 107 Å². The van der Waals surface area contributed by atoms with Gasteiger partial charge in [-0.1, -0.05) is 72.8 Å². The number of benzene rings is 3. The van der Waals surface area contributed by atoms with E-state index in [4.69, 9.17) is 0 Å². The van der Waals surface area contributed by atoms with Crippen molar-refractivity contribution >= 4 is 6.29 Å². The number of aldehydes is 1. The second-order valence-corrected chi connectivity index (χ2v) is 5.71. The molecule has 0 aliphatic heterocycles. The maximum atomic E-state index is 13.5. The lowest BCUT2D eigenvalue weighted by molar-refractivity contribution is -0.138. The van der Waals surface area contributed by atoms with Crippen LogP contribution in [0.2, 0.25) is 0 Å². The van der Waals surface area contributed by atoms with Crippen LogP contribution in [0.3, 0.4) is 0 Å². The van der Waals surface area contributed by atoms with E-state index >= 15 is 0 Å². The van der Waals surface area contributed by atoms with Crippen molar-refractivity contribution < 1.29 is 18.0 Å². The second kappa shape index (κ2) is 6.93. The third kappa shape index (κ3) is 3.63. The molecule has 0 spiro atoms. The van der Waals surface area contributed by atoms with Crippen LogP contribution in [-0.2, 0) is 6.18 Å². The maximum Gasteiger partial charge on any atom is 0.416 e. The van der Waals surface area contributed by atoms with Crippen LogP contribution in [0, 0.1) is 0 Å². The maximum absolute atomic E-state index is 13.5. The summed E-state index contributed by atoms with van der Waals surface area (Å²) in [6.07, 6.45) is -3.72. The van der Waals surface area contributed by atoms with E-state index in [0.717, 1.165) is 11.6 Å². The predicted molar refractivity (Wildman–Crippen MR) is 90.7 cm³/mol. The molecule has 1 unspecified atom stereocenters. The zero-order chi connectivity index (χ0) is 17.9. The Hall–Kier alpha value is -2.88. The zero-order valence-electron chi connectivity index (χ0n) is 13.2. The van der Waals surface area contributed by atoms with Gasteiger partial charge in [0.25, 0.3) is 0 Å². The average Bonchev–Trinajstić information content (AvgIpc) is 2.63. The molecule has 3 aromatic carbocycles. The Morgan fingerprint density at radius 2 is 1.28 bits per heavy atom. The molecule has 0 amide bonds. The van der Waals surface area contributed by atoms with E-state index in [0.29, 0.717) is 17.4 Å². The molecule has 1 nitrogen and oxygen atoms in total. The smallest absolute Gasteiger partial charge is 0.298 e. The van der Waals surface area contributed by atoms with Crippen LogP contribution in [0.1, 0.15) is 38.5 Å². The molecule has 0 fully saturated rings. The van der Waals surface area contributed by atoms with Crippen LogP contribution in [0.4, 0.5) is 13.2 Å². The molecule has 0 N–H and O–H groups in total.